The first kappa shape index (κ1) is 6.56. The maximum atomic E-state index is 10.2. The van der Waals surface area contributed by atoms with Gasteiger partial charge >= 0.3 is 0 Å². The predicted octanol–water partition coefficient (Wildman–Crippen LogP) is 0.176. The molecular formula is C4H7NOS. The average molecular weight is 117 g/mol. The summed E-state index contributed by atoms with van der Waals surface area (Å²) in [5.74, 6) is -0.130. The zero-order valence-corrected chi connectivity index (χ0v) is 4.90. The van der Waals surface area contributed by atoms with E-state index >= 15 is 0 Å². The van der Waals surface area contributed by atoms with Gasteiger partial charge in [0.15, 0.2) is 0 Å². The third-order valence-corrected chi connectivity index (χ3v) is 0.621. The van der Waals surface area contributed by atoms with Crippen LogP contribution >= 0.6 is 12.6 Å². The summed E-state index contributed by atoms with van der Waals surface area (Å²) in [6, 6.07) is 0. The van der Waals surface area contributed by atoms with Crippen LogP contribution in [-0.2, 0) is 4.79 Å². The van der Waals surface area contributed by atoms with Crippen molar-refractivity contribution in [3.8, 4) is 0 Å². The van der Waals surface area contributed by atoms with Crippen molar-refractivity contribution in [2.45, 2.75) is 0 Å². The minimum absolute atomic E-state index is 0.130. The Morgan fingerprint density at radius 1 is 1.86 bits per heavy atom. The number of thiol groups is 1. The molecule has 0 bridgehead atoms. The maximum Gasteiger partial charge on any atom is 0.244 e. The molecule has 1 N–H and O–H groups in total. The van der Waals surface area contributed by atoms with Crippen LogP contribution in [-0.4, -0.2) is 13.0 Å². The molecule has 0 aromatic carbocycles. The molecule has 0 saturated heterocycles. The highest BCUT2D eigenvalue weighted by atomic mass is 32.1. The lowest BCUT2D eigenvalue weighted by atomic mass is 10.6. The van der Waals surface area contributed by atoms with Gasteiger partial charge in [0, 0.05) is 13.1 Å². The average Bonchev–Trinajstić information content (AvgIpc) is 1.68. The second-order valence-corrected chi connectivity index (χ2v) is 1.23. The fraction of sp³-hybridized carbons (Fsp3) is 0.250. The van der Waals surface area contributed by atoms with E-state index in [1.165, 1.54) is 11.5 Å². The molecule has 0 aliphatic rings. The highest BCUT2D eigenvalue weighted by Crippen LogP contribution is 1.74. The SMILES string of the molecule is CNC(=O)/C=C/S. The van der Waals surface area contributed by atoms with Gasteiger partial charge in [0.25, 0.3) is 0 Å². The van der Waals surface area contributed by atoms with Gasteiger partial charge in [-0.05, 0) is 5.41 Å². The Morgan fingerprint density at radius 3 is 2.57 bits per heavy atom. The number of amides is 1. The summed E-state index contributed by atoms with van der Waals surface area (Å²) in [6.07, 6.45) is 1.34. The van der Waals surface area contributed by atoms with E-state index in [-0.39, 0.29) is 5.91 Å². The molecular weight excluding hydrogens is 110 g/mol. The molecule has 0 aromatic rings. The normalized spacial score (nSPS) is 9.43. The quantitative estimate of drug-likeness (QED) is 0.372. The molecule has 0 atom stereocenters. The molecule has 40 valence electrons. The second-order valence-electron chi connectivity index (χ2n) is 0.930. The monoisotopic (exact) mass is 117 g/mol. The highest BCUT2D eigenvalue weighted by molar-refractivity contribution is 7.83. The fourth-order valence-corrected chi connectivity index (χ4v) is 0.286. The van der Waals surface area contributed by atoms with E-state index in [0.717, 1.165) is 0 Å². The van der Waals surface area contributed by atoms with E-state index in [1.54, 1.807) is 7.05 Å². The van der Waals surface area contributed by atoms with E-state index in [9.17, 15) is 4.79 Å². The van der Waals surface area contributed by atoms with Crippen LogP contribution in [0.2, 0.25) is 0 Å². The van der Waals surface area contributed by atoms with E-state index in [1.807, 2.05) is 0 Å². The Morgan fingerprint density at radius 2 is 2.43 bits per heavy atom. The van der Waals surface area contributed by atoms with Crippen LogP contribution in [0.5, 0.6) is 0 Å². The van der Waals surface area contributed by atoms with Crippen molar-refractivity contribution in [3.63, 3.8) is 0 Å². The van der Waals surface area contributed by atoms with Crippen LogP contribution in [0, 0.1) is 0 Å². The van der Waals surface area contributed by atoms with Crippen LogP contribution in [0.25, 0.3) is 0 Å². The lowest BCUT2D eigenvalue weighted by Crippen LogP contribution is -2.13. The molecule has 3 heteroatoms. The molecule has 0 saturated carbocycles. The number of hydrogen-bond donors (Lipinski definition) is 2. The Balaban J connectivity index is 3.37. The fourth-order valence-electron chi connectivity index (χ4n) is 0.151. The summed E-state index contributed by atoms with van der Waals surface area (Å²) < 4.78 is 0. The molecule has 2 nitrogen and oxygen atoms in total. The predicted molar refractivity (Wildman–Crippen MR) is 32.2 cm³/mol. The number of nitrogens with one attached hydrogen (secondary N) is 1. The molecule has 0 rings (SSSR count). The highest BCUT2D eigenvalue weighted by Gasteiger charge is 1.81. The standard InChI is InChI=1S/C4H7NOS/c1-5-4(6)2-3-7/h2-3,7H,1H3,(H,5,6)/b3-2+. The number of carbonyl (C=O) groups is 1. The largest absolute Gasteiger partial charge is 0.356 e. The van der Waals surface area contributed by atoms with E-state index in [0.29, 0.717) is 0 Å². The Hall–Kier alpha value is -0.440. The summed E-state index contributed by atoms with van der Waals surface area (Å²) in [5.41, 5.74) is 0. The van der Waals surface area contributed by atoms with E-state index in [4.69, 9.17) is 0 Å². The van der Waals surface area contributed by atoms with E-state index in [2.05, 4.69) is 17.9 Å². The van der Waals surface area contributed by atoms with Crippen molar-refractivity contribution in [2.75, 3.05) is 7.05 Å². The molecule has 1 amide bonds. The third-order valence-electron chi connectivity index (χ3n) is 0.472. The molecule has 0 radical (unpaired) electrons. The van der Waals surface area contributed by atoms with Gasteiger partial charge in [-0.1, -0.05) is 0 Å². The zero-order valence-electron chi connectivity index (χ0n) is 4.01. The summed E-state index contributed by atoms with van der Waals surface area (Å²) in [6.45, 7) is 0. The topological polar surface area (TPSA) is 29.1 Å². The van der Waals surface area contributed by atoms with Crippen molar-refractivity contribution < 1.29 is 4.79 Å². The van der Waals surface area contributed by atoms with Gasteiger partial charge in [-0.2, -0.15) is 12.6 Å². The summed E-state index contributed by atoms with van der Waals surface area (Å²) in [5, 5.41) is 3.78. The Labute approximate surface area is 48.0 Å². The lowest BCUT2D eigenvalue weighted by molar-refractivity contribution is -0.116. The number of hydrogen-bond acceptors (Lipinski definition) is 2. The summed E-state index contributed by atoms with van der Waals surface area (Å²) >= 11 is 3.67. The van der Waals surface area contributed by atoms with Crippen LogP contribution < -0.4 is 5.32 Å². The van der Waals surface area contributed by atoms with Crippen molar-refractivity contribution in [1.82, 2.24) is 5.32 Å². The van der Waals surface area contributed by atoms with Gasteiger partial charge in [0.1, 0.15) is 0 Å². The van der Waals surface area contributed by atoms with Gasteiger partial charge in [0.2, 0.25) is 5.91 Å². The Bertz CT molecular complexity index is 89.7. The van der Waals surface area contributed by atoms with Gasteiger partial charge in [0.05, 0.1) is 0 Å². The molecule has 0 aliphatic heterocycles. The molecule has 0 aliphatic carbocycles. The van der Waals surface area contributed by atoms with Crippen molar-refractivity contribution >= 4 is 18.5 Å². The van der Waals surface area contributed by atoms with Gasteiger partial charge in [-0.25, -0.2) is 0 Å². The zero-order chi connectivity index (χ0) is 5.70. The number of rotatable bonds is 1. The molecule has 0 spiro atoms. The first-order valence-corrected chi connectivity index (χ1v) is 2.35. The third kappa shape index (κ3) is 3.39. The first-order valence-electron chi connectivity index (χ1n) is 1.83. The lowest BCUT2D eigenvalue weighted by Gasteiger charge is -1.84. The van der Waals surface area contributed by atoms with Crippen molar-refractivity contribution in [3.05, 3.63) is 11.5 Å². The molecule has 0 aromatic heterocycles. The van der Waals surface area contributed by atoms with Crippen LogP contribution in [0.3, 0.4) is 0 Å². The molecule has 0 unspecified atom stereocenters. The van der Waals surface area contributed by atoms with Gasteiger partial charge < -0.3 is 5.32 Å². The minimum Gasteiger partial charge on any atom is -0.356 e. The van der Waals surface area contributed by atoms with Gasteiger partial charge in [-0.15, -0.1) is 0 Å². The summed E-state index contributed by atoms with van der Waals surface area (Å²) in [4.78, 5) is 10.2. The first-order chi connectivity index (χ1) is 3.31. The summed E-state index contributed by atoms with van der Waals surface area (Å²) in [7, 11) is 1.57. The number of likely N-dealkylation sites (N-methyl/N-ethyl adjacent to an activating group) is 1. The second kappa shape index (κ2) is 3.74. The maximum absolute atomic E-state index is 10.2. The van der Waals surface area contributed by atoms with Crippen LogP contribution in [0.15, 0.2) is 11.5 Å². The number of carbonyl (C=O) groups excluding carboxylic acids is 1. The van der Waals surface area contributed by atoms with Crippen LogP contribution in [0.4, 0.5) is 0 Å². The van der Waals surface area contributed by atoms with Crippen molar-refractivity contribution in [2.24, 2.45) is 0 Å². The molecule has 0 heterocycles. The van der Waals surface area contributed by atoms with Gasteiger partial charge in [-0.3, -0.25) is 4.79 Å². The molecule has 7 heavy (non-hydrogen) atoms. The molecule has 0 fully saturated rings. The minimum atomic E-state index is -0.130. The van der Waals surface area contributed by atoms with Crippen LogP contribution in [0.1, 0.15) is 0 Å². The Kier molecular flexibility index (Phi) is 3.50. The smallest absolute Gasteiger partial charge is 0.244 e. The van der Waals surface area contributed by atoms with E-state index < -0.39 is 0 Å². The van der Waals surface area contributed by atoms with Crippen molar-refractivity contribution in [1.29, 1.82) is 0 Å².